The number of thiophene rings is 1. The second kappa shape index (κ2) is 6.72. The average molecular weight is 374 g/mol. The molecule has 2 aromatic rings. The zero-order valence-electron chi connectivity index (χ0n) is 13.8. The molecule has 0 aliphatic carbocycles. The zero-order valence-corrected chi connectivity index (χ0v) is 15.4. The van der Waals surface area contributed by atoms with Gasteiger partial charge in [0.15, 0.2) is 0 Å². The Balaban J connectivity index is 1.60. The molecule has 0 spiro atoms. The van der Waals surface area contributed by atoms with E-state index in [1.807, 2.05) is 40.6 Å². The van der Waals surface area contributed by atoms with Crippen LogP contribution in [0.5, 0.6) is 5.75 Å². The molecule has 0 N–H and O–H groups in total. The lowest BCUT2D eigenvalue weighted by Crippen LogP contribution is -2.65. The van der Waals surface area contributed by atoms with E-state index in [1.165, 1.54) is 11.8 Å². The van der Waals surface area contributed by atoms with E-state index in [9.17, 15) is 9.59 Å². The van der Waals surface area contributed by atoms with Gasteiger partial charge in [-0.3, -0.25) is 9.59 Å². The smallest absolute Gasteiger partial charge is 0.282 e. The first kappa shape index (κ1) is 16.5. The van der Waals surface area contributed by atoms with Crippen LogP contribution in [0.3, 0.4) is 0 Å². The van der Waals surface area contributed by atoms with Gasteiger partial charge in [-0.25, -0.2) is 0 Å². The molecule has 2 aliphatic heterocycles. The van der Waals surface area contributed by atoms with Crippen molar-refractivity contribution in [2.75, 3.05) is 19.4 Å². The Morgan fingerprint density at radius 2 is 2.12 bits per heavy atom. The SMILES string of the molecule is COc1cccc(CN2C(=O)[C@@H](N3CCSC3=O)[C@H]2c2ccsc2)c1. The third kappa shape index (κ3) is 2.91. The molecule has 130 valence electrons. The number of benzene rings is 1. The van der Waals surface area contributed by atoms with E-state index in [4.69, 9.17) is 4.74 Å². The molecule has 2 saturated heterocycles. The van der Waals surface area contributed by atoms with Gasteiger partial charge in [-0.2, -0.15) is 11.3 Å². The number of methoxy groups -OCH3 is 1. The van der Waals surface area contributed by atoms with Gasteiger partial charge in [-0.05, 0) is 40.1 Å². The Bertz CT molecular complexity index is 793. The molecular formula is C18H18N2O3S2. The van der Waals surface area contributed by atoms with Gasteiger partial charge in [0.25, 0.3) is 5.24 Å². The normalized spacial score (nSPS) is 23.1. The lowest BCUT2D eigenvalue weighted by molar-refractivity contribution is -0.158. The van der Waals surface area contributed by atoms with Crippen LogP contribution in [0.4, 0.5) is 4.79 Å². The number of nitrogens with zero attached hydrogens (tertiary/aromatic N) is 2. The highest BCUT2D eigenvalue weighted by atomic mass is 32.2. The number of carbonyl (C=O) groups is 2. The Morgan fingerprint density at radius 1 is 1.24 bits per heavy atom. The number of ether oxygens (including phenoxy) is 1. The first-order valence-electron chi connectivity index (χ1n) is 8.08. The first-order valence-corrected chi connectivity index (χ1v) is 10.0. The fourth-order valence-electron chi connectivity index (χ4n) is 3.44. The van der Waals surface area contributed by atoms with Crippen LogP contribution >= 0.6 is 23.1 Å². The molecule has 2 amide bonds. The van der Waals surface area contributed by atoms with Crippen LogP contribution < -0.4 is 4.74 Å². The molecule has 3 heterocycles. The molecular weight excluding hydrogens is 356 g/mol. The third-order valence-electron chi connectivity index (χ3n) is 4.67. The van der Waals surface area contributed by atoms with Crippen molar-refractivity contribution in [1.82, 2.24) is 9.80 Å². The van der Waals surface area contributed by atoms with Gasteiger partial charge < -0.3 is 14.5 Å². The predicted octanol–water partition coefficient (Wildman–Crippen LogP) is 3.38. The summed E-state index contributed by atoms with van der Waals surface area (Å²) in [5.74, 6) is 1.56. The molecule has 0 radical (unpaired) electrons. The van der Waals surface area contributed by atoms with Crippen LogP contribution in [0, 0.1) is 0 Å². The quantitative estimate of drug-likeness (QED) is 0.753. The Labute approximate surface area is 154 Å². The van der Waals surface area contributed by atoms with Gasteiger partial charge in [0.1, 0.15) is 11.8 Å². The van der Waals surface area contributed by atoms with E-state index in [0.29, 0.717) is 13.1 Å². The number of carbonyl (C=O) groups excluding carboxylic acids is 2. The minimum absolute atomic E-state index is 0.0135. The molecule has 25 heavy (non-hydrogen) atoms. The topological polar surface area (TPSA) is 49.9 Å². The van der Waals surface area contributed by atoms with Crippen molar-refractivity contribution in [3.8, 4) is 5.75 Å². The molecule has 2 fully saturated rings. The number of likely N-dealkylation sites (tertiary alicyclic amines) is 1. The van der Waals surface area contributed by atoms with Crippen molar-refractivity contribution in [3.63, 3.8) is 0 Å². The number of rotatable bonds is 5. The van der Waals surface area contributed by atoms with Crippen LogP contribution in [0.1, 0.15) is 17.2 Å². The molecule has 2 aliphatic rings. The highest BCUT2D eigenvalue weighted by Crippen LogP contribution is 2.42. The molecule has 4 rings (SSSR count). The van der Waals surface area contributed by atoms with Gasteiger partial charge in [0, 0.05) is 18.8 Å². The maximum Gasteiger partial charge on any atom is 0.282 e. The molecule has 1 aromatic carbocycles. The molecule has 0 bridgehead atoms. The molecule has 7 heteroatoms. The number of amides is 2. The summed E-state index contributed by atoms with van der Waals surface area (Å²) in [6, 6.07) is 9.35. The van der Waals surface area contributed by atoms with Crippen LogP contribution in [-0.4, -0.2) is 46.4 Å². The first-order chi connectivity index (χ1) is 12.2. The lowest BCUT2D eigenvalue weighted by atomic mass is 9.88. The van der Waals surface area contributed by atoms with Crippen molar-refractivity contribution in [2.45, 2.75) is 18.6 Å². The second-order valence-corrected chi connectivity index (χ2v) is 7.90. The molecule has 0 unspecified atom stereocenters. The zero-order chi connectivity index (χ0) is 17.4. The maximum absolute atomic E-state index is 12.9. The van der Waals surface area contributed by atoms with Crippen LogP contribution in [0.25, 0.3) is 0 Å². The number of thioether (sulfide) groups is 1. The lowest BCUT2D eigenvalue weighted by Gasteiger charge is -2.50. The third-order valence-corrected chi connectivity index (χ3v) is 6.24. The van der Waals surface area contributed by atoms with Crippen molar-refractivity contribution in [3.05, 3.63) is 52.2 Å². The fraction of sp³-hybridized carbons (Fsp3) is 0.333. The summed E-state index contributed by atoms with van der Waals surface area (Å²) in [7, 11) is 1.63. The molecule has 1 aromatic heterocycles. The minimum Gasteiger partial charge on any atom is -0.497 e. The number of hydrogen-bond donors (Lipinski definition) is 0. The molecule has 2 atom stereocenters. The summed E-state index contributed by atoms with van der Waals surface area (Å²) in [5.41, 5.74) is 2.12. The Kier molecular flexibility index (Phi) is 4.43. The van der Waals surface area contributed by atoms with Gasteiger partial charge in [-0.15, -0.1) is 0 Å². The summed E-state index contributed by atoms with van der Waals surface area (Å²) in [6.07, 6.45) is 0. The minimum atomic E-state index is -0.372. The summed E-state index contributed by atoms with van der Waals surface area (Å²) in [6.45, 7) is 1.16. The standard InChI is InChI=1S/C18H18N2O3S2/c1-23-14-4-2-3-12(9-14)10-20-15(13-5-7-24-11-13)16(17(20)21)19-6-8-25-18(19)22/h2-5,7,9,11,15-16H,6,8,10H2,1H3/t15-,16+/m1/s1. The fourth-order valence-corrected chi connectivity index (χ4v) is 4.96. The van der Waals surface area contributed by atoms with Gasteiger partial charge in [-0.1, -0.05) is 23.9 Å². The van der Waals surface area contributed by atoms with Crippen molar-refractivity contribution < 1.29 is 14.3 Å². The summed E-state index contributed by atoms with van der Waals surface area (Å²) >= 11 is 2.91. The number of hydrogen-bond acceptors (Lipinski definition) is 5. The van der Waals surface area contributed by atoms with E-state index < -0.39 is 0 Å². The van der Waals surface area contributed by atoms with Gasteiger partial charge in [0.05, 0.1) is 13.2 Å². The maximum atomic E-state index is 12.9. The average Bonchev–Trinajstić information content (AvgIpc) is 3.29. The van der Waals surface area contributed by atoms with E-state index in [-0.39, 0.29) is 23.2 Å². The van der Waals surface area contributed by atoms with Crippen LogP contribution in [0.2, 0.25) is 0 Å². The van der Waals surface area contributed by atoms with E-state index >= 15 is 0 Å². The van der Waals surface area contributed by atoms with Crippen molar-refractivity contribution in [1.29, 1.82) is 0 Å². The molecule has 5 nitrogen and oxygen atoms in total. The highest BCUT2D eigenvalue weighted by molar-refractivity contribution is 8.13. The van der Waals surface area contributed by atoms with Gasteiger partial charge in [0.2, 0.25) is 5.91 Å². The highest BCUT2D eigenvalue weighted by Gasteiger charge is 2.53. The predicted molar refractivity (Wildman–Crippen MR) is 99.0 cm³/mol. The van der Waals surface area contributed by atoms with E-state index in [1.54, 1.807) is 23.3 Å². The molecule has 0 saturated carbocycles. The largest absolute Gasteiger partial charge is 0.497 e. The van der Waals surface area contributed by atoms with E-state index in [2.05, 4.69) is 5.38 Å². The monoisotopic (exact) mass is 374 g/mol. The van der Waals surface area contributed by atoms with Crippen molar-refractivity contribution >= 4 is 34.2 Å². The second-order valence-electron chi connectivity index (χ2n) is 6.07. The number of β-lactam (4-membered cyclic amide) rings is 1. The van der Waals surface area contributed by atoms with Crippen LogP contribution in [0.15, 0.2) is 41.1 Å². The summed E-state index contributed by atoms with van der Waals surface area (Å²) in [4.78, 5) is 28.6. The van der Waals surface area contributed by atoms with E-state index in [0.717, 1.165) is 22.6 Å². The summed E-state index contributed by atoms with van der Waals surface area (Å²) < 4.78 is 5.27. The Morgan fingerprint density at radius 3 is 2.80 bits per heavy atom. The summed E-state index contributed by atoms with van der Waals surface area (Å²) in [5, 5.41) is 4.09. The van der Waals surface area contributed by atoms with Crippen molar-refractivity contribution in [2.24, 2.45) is 0 Å². The Hall–Kier alpha value is -1.99. The van der Waals surface area contributed by atoms with Gasteiger partial charge >= 0.3 is 0 Å². The van der Waals surface area contributed by atoms with Crippen LogP contribution in [-0.2, 0) is 11.3 Å².